The van der Waals surface area contributed by atoms with Crippen molar-refractivity contribution in [2.75, 3.05) is 0 Å². The van der Waals surface area contributed by atoms with Crippen molar-refractivity contribution < 1.29 is 0 Å². The molecule has 82 valence electrons. The van der Waals surface area contributed by atoms with Gasteiger partial charge in [0, 0.05) is 0 Å². The number of nitrogens with zero attached hydrogens (tertiary/aromatic N) is 1. The Labute approximate surface area is 104 Å². The minimum atomic E-state index is 0.134. The maximum atomic E-state index is 11.2. The molecule has 0 saturated heterocycles. The van der Waals surface area contributed by atoms with Gasteiger partial charge in [-0.3, -0.25) is 0 Å². The van der Waals surface area contributed by atoms with Crippen LogP contribution in [-0.2, 0) is 6.42 Å². The average molecular weight is 251 g/mol. The number of aromatic nitrogens is 1. The van der Waals surface area contributed by atoms with E-state index in [-0.39, 0.29) is 4.64 Å². The van der Waals surface area contributed by atoms with E-state index in [2.05, 4.69) is 0 Å². The van der Waals surface area contributed by atoms with Crippen LogP contribution in [-0.4, -0.2) is 4.73 Å². The number of benzene rings is 1. The molecule has 0 atom stereocenters. The molecule has 0 aliphatic rings. The summed E-state index contributed by atoms with van der Waals surface area (Å²) in [7, 11) is 0. The molecule has 2 nitrogen and oxygen atoms in total. The normalized spacial score (nSPS) is 10.3. The standard InChI is InChI=1S/C12H9ClNOS/c13-11-10(6-7-14(15)12(11)16)8-9-4-2-1-3-5-9/h1-7H,8H2/q-1. The van der Waals surface area contributed by atoms with Crippen LogP contribution < -0.4 is 0 Å². The highest BCUT2D eigenvalue weighted by Gasteiger charge is 2.03. The van der Waals surface area contributed by atoms with Crippen molar-refractivity contribution in [1.29, 1.82) is 0 Å². The number of hydrogen-bond acceptors (Lipinski definition) is 2. The van der Waals surface area contributed by atoms with Crippen LogP contribution in [0, 0.1) is 9.85 Å². The second-order valence-electron chi connectivity index (χ2n) is 3.45. The molecule has 4 heteroatoms. The first-order chi connectivity index (χ1) is 7.68. The monoisotopic (exact) mass is 250 g/mol. The minimum Gasteiger partial charge on any atom is -0.805 e. The minimum absolute atomic E-state index is 0.134. The van der Waals surface area contributed by atoms with Crippen LogP contribution in [0.25, 0.3) is 0 Å². The van der Waals surface area contributed by atoms with Crippen LogP contribution in [0.2, 0.25) is 5.02 Å². The zero-order chi connectivity index (χ0) is 11.5. The second kappa shape index (κ2) is 4.68. The van der Waals surface area contributed by atoms with Crippen molar-refractivity contribution in [1.82, 2.24) is 4.73 Å². The summed E-state index contributed by atoms with van der Waals surface area (Å²) in [4.78, 5) is 0. The van der Waals surface area contributed by atoms with Crippen molar-refractivity contribution >= 4 is 23.8 Å². The smallest absolute Gasteiger partial charge is 0.120 e. The molecule has 0 unspecified atom stereocenters. The number of halogens is 1. The lowest BCUT2D eigenvalue weighted by Crippen LogP contribution is -1.96. The summed E-state index contributed by atoms with van der Waals surface area (Å²) in [6, 6.07) is 11.6. The molecular weight excluding hydrogens is 242 g/mol. The van der Waals surface area contributed by atoms with Crippen LogP contribution in [0.15, 0.2) is 42.6 Å². The van der Waals surface area contributed by atoms with E-state index >= 15 is 0 Å². The van der Waals surface area contributed by atoms with Crippen molar-refractivity contribution in [3.63, 3.8) is 0 Å². The zero-order valence-electron chi connectivity index (χ0n) is 8.39. The van der Waals surface area contributed by atoms with E-state index in [1.54, 1.807) is 6.07 Å². The summed E-state index contributed by atoms with van der Waals surface area (Å²) in [5.74, 6) is 0. The molecule has 1 heterocycles. The molecule has 0 aliphatic carbocycles. The molecule has 0 amide bonds. The van der Waals surface area contributed by atoms with Gasteiger partial charge in [-0.15, -0.1) is 0 Å². The molecule has 0 saturated carbocycles. The second-order valence-corrected chi connectivity index (χ2v) is 4.21. The molecule has 2 aromatic rings. The van der Waals surface area contributed by atoms with Crippen molar-refractivity contribution in [2.45, 2.75) is 6.42 Å². The first-order valence-electron chi connectivity index (χ1n) is 4.80. The van der Waals surface area contributed by atoms with Gasteiger partial charge in [-0.2, -0.15) is 0 Å². The van der Waals surface area contributed by atoms with E-state index in [1.807, 2.05) is 30.3 Å². The Kier molecular flexibility index (Phi) is 3.27. The highest BCUT2D eigenvalue weighted by molar-refractivity contribution is 7.71. The van der Waals surface area contributed by atoms with Crippen LogP contribution in [0.5, 0.6) is 0 Å². The Morgan fingerprint density at radius 3 is 2.56 bits per heavy atom. The van der Waals surface area contributed by atoms with E-state index in [0.717, 1.165) is 11.1 Å². The lowest BCUT2D eigenvalue weighted by atomic mass is 10.1. The lowest BCUT2D eigenvalue weighted by molar-refractivity contribution is 1.02. The Morgan fingerprint density at radius 2 is 1.88 bits per heavy atom. The third-order valence-corrected chi connectivity index (χ3v) is 3.24. The highest BCUT2D eigenvalue weighted by Crippen LogP contribution is 2.20. The van der Waals surface area contributed by atoms with Gasteiger partial charge in [-0.25, -0.2) is 0 Å². The average Bonchev–Trinajstić information content (AvgIpc) is 2.31. The maximum Gasteiger partial charge on any atom is 0.120 e. The molecule has 16 heavy (non-hydrogen) atoms. The van der Waals surface area contributed by atoms with E-state index in [4.69, 9.17) is 23.8 Å². The molecule has 0 fully saturated rings. The summed E-state index contributed by atoms with van der Waals surface area (Å²) >= 11 is 10.9. The fourth-order valence-electron chi connectivity index (χ4n) is 1.48. The zero-order valence-corrected chi connectivity index (χ0v) is 9.96. The van der Waals surface area contributed by atoms with Crippen LogP contribution in [0.3, 0.4) is 0 Å². The molecule has 0 bridgehead atoms. The van der Waals surface area contributed by atoms with Crippen molar-refractivity contribution in [3.8, 4) is 0 Å². The van der Waals surface area contributed by atoms with E-state index in [1.165, 1.54) is 6.20 Å². The molecule has 0 radical (unpaired) electrons. The van der Waals surface area contributed by atoms with Gasteiger partial charge in [0.1, 0.15) is 4.64 Å². The third kappa shape index (κ3) is 2.26. The van der Waals surface area contributed by atoms with Crippen LogP contribution in [0.1, 0.15) is 11.1 Å². The molecule has 0 aliphatic heterocycles. The highest BCUT2D eigenvalue weighted by atomic mass is 35.5. The Bertz CT molecular complexity index is 551. The lowest BCUT2D eigenvalue weighted by Gasteiger charge is -2.13. The topological polar surface area (TPSA) is 28.0 Å². The summed E-state index contributed by atoms with van der Waals surface area (Å²) in [5, 5.41) is 11.5. The van der Waals surface area contributed by atoms with Gasteiger partial charge in [0.15, 0.2) is 0 Å². The number of pyridine rings is 1. The van der Waals surface area contributed by atoms with Gasteiger partial charge in [-0.1, -0.05) is 54.2 Å². The Morgan fingerprint density at radius 1 is 1.19 bits per heavy atom. The molecule has 1 aromatic carbocycles. The van der Waals surface area contributed by atoms with E-state index in [9.17, 15) is 5.21 Å². The predicted molar refractivity (Wildman–Crippen MR) is 68.3 cm³/mol. The molecule has 2 rings (SSSR count). The summed E-state index contributed by atoms with van der Waals surface area (Å²) in [6.45, 7) is 0. The van der Waals surface area contributed by atoms with Gasteiger partial charge >= 0.3 is 0 Å². The fraction of sp³-hybridized carbons (Fsp3) is 0.0833. The largest absolute Gasteiger partial charge is 0.805 e. The molecule has 0 spiro atoms. The van der Waals surface area contributed by atoms with Gasteiger partial charge in [0.2, 0.25) is 0 Å². The SMILES string of the molecule is [O-]n1ccc(Cc2ccccc2)c(Cl)c1=S. The summed E-state index contributed by atoms with van der Waals surface area (Å²) in [6.07, 6.45) is 2.08. The fourth-order valence-corrected chi connectivity index (χ4v) is 1.89. The molecular formula is C12H9ClNOS-. The summed E-state index contributed by atoms with van der Waals surface area (Å²) in [5.41, 5.74) is 2.02. The molecule has 1 aromatic heterocycles. The van der Waals surface area contributed by atoms with Gasteiger partial charge in [0.05, 0.1) is 5.02 Å². The molecule has 0 N–H and O–H groups in total. The van der Waals surface area contributed by atoms with Gasteiger partial charge in [0.25, 0.3) is 0 Å². The first kappa shape index (κ1) is 11.2. The van der Waals surface area contributed by atoms with Crippen molar-refractivity contribution in [3.05, 3.63) is 68.6 Å². The quantitative estimate of drug-likeness (QED) is 0.758. The van der Waals surface area contributed by atoms with Crippen molar-refractivity contribution in [2.24, 2.45) is 0 Å². The van der Waals surface area contributed by atoms with Gasteiger partial charge < -0.3 is 9.94 Å². The van der Waals surface area contributed by atoms with E-state index < -0.39 is 0 Å². The number of rotatable bonds is 2. The van der Waals surface area contributed by atoms with Crippen LogP contribution in [0.4, 0.5) is 0 Å². The Hall–Kier alpha value is -1.32. The third-order valence-electron chi connectivity index (χ3n) is 2.32. The summed E-state index contributed by atoms with van der Waals surface area (Å²) < 4.78 is 0.738. The van der Waals surface area contributed by atoms with Gasteiger partial charge in [-0.05, 0) is 29.8 Å². The Balaban J connectivity index is 2.37. The van der Waals surface area contributed by atoms with Crippen LogP contribution >= 0.6 is 23.8 Å². The maximum absolute atomic E-state index is 11.2. The van der Waals surface area contributed by atoms with E-state index in [0.29, 0.717) is 16.2 Å². The number of hydrogen-bond donors (Lipinski definition) is 0. The first-order valence-corrected chi connectivity index (χ1v) is 5.58. The predicted octanol–water partition coefficient (Wildman–Crippen LogP) is 3.81.